The molecule has 1 rings (SSSR count). The van der Waals surface area contributed by atoms with Gasteiger partial charge in [-0.15, -0.1) is 0 Å². The summed E-state index contributed by atoms with van der Waals surface area (Å²) in [6.07, 6.45) is 3.37. The minimum Gasteiger partial charge on any atom is -0.387 e. The number of aliphatic hydroxyl groups is 2. The molecular weight excluding hydrogens is 116 g/mol. The van der Waals surface area contributed by atoms with Crippen LogP contribution < -0.4 is 0 Å². The first kappa shape index (κ1) is 7.03. The highest BCUT2D eigenvalue weighted by atomic mass is 16.3. The molecule has 0 aliphatic heterocycles. The first-order valence-electron chi connectivity index (χ1n) is 3.46. The van der Waals surface area contributed by atoms with E-state index in [1.165, 1.54) is 0 Å². The maximum atomic E-state index is 9.39. The van der Waals surface area contributed by atoms with Gasteiger partial charge < -0.3 is 10.2 Å². The van der Waals surface area contributed by atoms with Crippen molar-refractivity contribution in [2.24, 2.45) is 0 Å². The molecule has 0 bridgehead atoms. The molecule has 0 heterocycles. The van der Waals surface area contributed by atoms with Crippen molar-refractivity contribution in [2.45, 2.75) is 38.2 Å². The number of hydrogen-bond acceptors (Lipinski definition) is 2. The Morgan fingerprint density at radius 3 is 2.22 bits per heavy atom. The van der Waals surface area contributed by atoms with Crippen LogP contribution in [0.4, 0.5) is 0 Å². The predicted molar refractivity (Wildman–Crippen MR) is 34.3 cm³/mol. The summed E-state index contributed by atoms with van der Waals surface area (Å²) in [6.45, 7) is 1.85. The highest BCUT2D eigenvalue weighted by molar-refractivity contribution is 5.04. The number of hydrogen-bond donors (Lipinski definition) is 2. The molecule has 1 aliphatic carbocycles. The molecular formula is C7H13O2. The van der Waals surface area contributed by atoms with Gasteiger partial charge in [-0.2, -0.15) is 0 Å². The van der Waals surface area contributed by atoms with Crippen LogP contribution in [0.2, 0.25) is 0 Å². The minimum atomic E-state index is -0.797. The van der Waals surface area contributed by atoms with Crippen molar-refractivity contribution in [3.05, 3.63) is 6.10 Å². The van der Waals surface area contributed by atoms with E-state index in [-0.39, 0.29) is 6.10 Å². The smallest absolute Gasteiger partial charge is 0.124 e. The van der Waals surface area contributed by atoms with Gasteiger partial charge in [0.2, 0.25) is 0 Å². The molecule has 1 saturated carbocycles. The van der Waals surface area contributed by atoms with Gasteiger partial charge in [0.25, 0.3) is 0 Å². The Morgan fingerprint density at radius 2 is 2.11 bits per heavy atom. The average molecular weight is 129 g/mol. The quantitative estimate of drug-likeness (QED) is 0.588. The van der Waals surface area contributed by atoms with Gasteiger partial charge >= 0.3 is 0 Å². The van der Waals surface area contributed by atoms with Gasteiger partial charge in [0, 0.05) is 0 Å². The van der Waals surface area contributed by atoms with E-state index in [9.17, 15) is 5.11 Å². The summed E-state index contributed by atoms with van der Waals surface area (Å²) in [6, 6.07) is 0. The molecule has 1 aliphatic rings. The Bertz CT molecular complexity index is 97.1. The fourth-order valence-corrected chi connectivity index (χ4v) is 1.13. The molecule has 53 valence electrons. The zero-order chi connectivity index (χ0) is 6.91. The third-order valence-corrected chi connectivity index (χ3v) is 2.05. The van der Waals surface area contributed by atoms with Crippen molar-refractivity contribution in [1.82, 2.24) is 0 Å². The fourth-order valence-electron chi connectivity index (χ4n) is 1.13. The van der Waals surface area contributed by atoms with Gasteiger partial charge in [-0.3, -0.25) is 0 Å². The lowest BCUT2D eigenvalue weighted by Gasteiger charge is -2.39. The van der Waals surface area contributed by atoms with E-state index < -0.39 is 5.60 Å². The zero-order valence-corrected chi connectivity index (χ0v) is 5.72. The van der Waals surface area contributed by atoms with E-state index in [1.54, 1.807) is 0 Å². The molecule has 0 spiro atoms. The maximum Gasteiger partial charge on any atom is 0.124 e. The van der Waals surface area contributed by atoms with Crippen LogP contribution in [0.1, 0.15) is 32.6 Å². The van der Waals surface area contributed by atoms with Gasteiger partial charge in [-0.25, -0.2) is 0 Å². The van der Waals surface area contributed by atoms with E-state index in [0.29, 0.717) is 6.42 Å². The highest BCUT2D eigenvalue weighted by Gasteiger charge is 2.41. The summed E-state index contributed by atoms with van der Waals surface area (Å²) in [7, 11) is 0. The summed E-state index contributed by atoms with van der Waals surface area (Å²) in [5.74, 6) is 0. The number of aliphatic hydroxyl groups excluding tert-OH is 1. The Hall–Kier alpha value is -0.0800. The Balaban J connectivity index is 2.38. The second-order valence-corrected chi connectivity index (χ2v) is 2.69. The Kier molecular flexibility index (Phi) is 1.78. The van der Waals surface area contributed by atoms with Crippen LogP contribution in [0.25, 0.3) is 0 Å². The molecule has 2 N–H and O–H groups in total. The van der Waals surface area contributed by atoms with E-state index in [0.717, 1.165) is 19.3 Å². The monoisotopic (exact) mass is 129 g/mol. The molecule has 2 heteroatoms. The standard InChI is InChI=1S/C7H13O2/c1-2-6(8)7(9)4-3-5-7/h8-9H,2-5H2,1H3. The van der Waals surface area contributed by atoms with Crippen molar-refractivity contribution in [3.8, 4) is 0 Å². The third kappa shape index (κ3) is 1.10. The SMILES string of the molecule is CC[C](O)C1(O)CCC1. The van der Waals surface area contributed by atoms with Crippen LogP contribution in [0.3, 0.4) is 0 Å². The summed E-state index contributed by atoms with van der Waals surface area (Å²) >= 11 is 0. The molecule has 0 amide bonds. The first-order valence-corrected chi connectivity index (χ1v) is 3.46. The Labute approximate surface area is 55.5 Å². The lowest BCUT2D eigenvalue weighted by molar-refractivity contribution is -0.0709. The molecule has 0 atom stereocenters. The van der Waals surface area contributed by atoms with E-state index in [4.69, 9.17) is 5.11 Å². The molecule has 1 radical (unpaired) electrons. The summed E-state index contributed by atoms with van der Waals surface area (Å²) < 4.78 is 0. The normalized spacial score (nSPS) is 24.0. The molecule has 0 aromatic rings. The highest BCUT2D eigenvalue weighted by Crippen LogP contribution is 2.39. The van der Waals surface area contributed by atoms with E-state index in [2.05, 4.69) is 0 Å². The summed E-state index contributed by atoms with van der Waals surface area (Å²) in [4.78, 5) is 0. The van der Waals surface area contributed by atoms with E-state index >= 15 is 0 Å². The zero-order valence-electron chi connectivity index (χ0n) is 5.72. The van der Waals surface area contributed by atoms with E-state index in [1.807, 2.05) is 6.92 Å². The van der Waals surface area contributed by atoms with Gasteiger partial charge in [-0.05, 0) is 25.7 Å². The van der Waals surface area contributed by atoms with Crippen LogP contribution in [-0.4, -0.2) is 15.8 Å². The maximum absolute atomic E-state index is 9.39. The molecule has 0 unspecified atom stereocenters. The van der Waals surface area contributed by atoms with Crippen LogP contribution in [0, 0.1) is 6.10 Å². The van der Waals surface area contributed by atoms with Crippen LogP contribution in [0.5, 0.6) is 0 Å². The third-order valence-electron chi connectivity index (χ3n) is 2.05. The summed E-state index contributed by atoms with van der Waals surface area (Å²) in [5, 5.41) is 18.5. The lowest BCUT2D eigenvalue weighted by Crippen LogP contribution is -2.42. The molecule has 0 aromatic heterocycles. The second-order valence-electron chi connectivity index (χ2n) is 2.69. The fraction of sp³-hybridized carbons (Fsp3) is 0.857. The summed E-state index contributed by atoms with van der Waals surface area (Å²) in [5.41, 5.74) is -0.797. The molecule has 9 heavy (non-hydrogen) atoms. The second kappa shape index (κ2) is 2.27. The number of rotatable bonds is 2. The van der Waals surface area contributed by atoms with Crippen LogP contribution >= 0.6 is 0 Å². The van der Waals surface area contributed by atoms with Gasteiger partial charge in [-0.1, -0.05) is 6.92 Å². The topological polar surface area (TPSA) is 40.5 Å². The van der Waals surface area contributed by atoms with Crippen molar-refractivity contribution in [3.63, 3.8) is 0 Å². The lowest BCUT2D eigenvalue weighted by atomic mass is 9.75. The van der Waals surface area contributed by atoms with Gasteiger partial charge in [0.15, 0.2) is 0 Å². The van der Waals surface area contributed by atoms with Crippen molar-refractivity contribution in [1.29, 1.82) is 0 Å². The molecule has 2 nitrogen and oxygen atoms in total. The largest absolute Gasteiger partial charge is 0.387 e. The molecule has 1 fully saturated rings. The van der Waals surface area contributed by atoms with Crippen molar-refractivity contribution in [2.75, 3.05) is 0 Å². The Morgan fingerprint density at radius 1 is 1.56 bits per heavy atom. The van der Waals surface area contributed by atoms with Crippen molar-refractivity contribution < 1.29 is 10.2 Å². The predicted octanol–water partition coefficient (Wildman–Crippen LogP) is 1.22. The average Bonchev–Trinajstić information content (AvgIpc) is 1.81. The van der Waals surface area contributed by atoms with Gasteiger partial charge in [0.1, 0.15) is 6.10 Å². The van der Waals surface area contributed by atoms with Crippen molar-refractivity contribution >= 4 is 0 Å². The van der Waals surface area contributed by atoms with Gasteiger partial charge in [0.05, 0.1) is 5.60 Å². The minimum absolute atomic E-state index is 0.258. The van der Waals surface area contributed by atoms with Crippen LogP contribution in [-0.2, 0) is 0 Å². The molecule has 0 saturated heterocycles. The molecule has 0 aromatic carbocycles. The first-order chi connectivity index (χ1) is 4.19. The van der Waals surface area contributed by atoms with Crippen LogP contribution in [0.15, 0.2) is 0 Å².